The molecule has 0 aliphatic carbocycles. The van der Waals surface area contributed by atoms with Gasteiger partial charge in [-0.2, -0.15) is 0 Å². The molecule has 2 heteroatoms. The molecule has 0 atom stereocenters. The second kappa shape index (κ2) is 20.4. The molecule has 0 radical (unpaired) electrons. The molecule has 0 unspecified atom stereocenters. The summed E-state index contributed by atoms with van der Waals surface area (Å²) in [7, 11) is 0. The van der Waals surface area contributed by atoms with Gasteiger partial charge in [-0.3, -0.25) is 0 Å². The fourth-order valence-corrected chi connectivity index (χ4v) is 2.79. The minimum absolute atomic E-state index is 0.0199. The minimum atomic E-state index is 0.0199. The van der Waals surface area contributed by atoms with Gasteiger partial charge in [0.2, 0.25) is 0 Å². The van der Waals surface area contributed by atoms with E-state index in [0.29, 0.717) is 0 Å². The molecule has 0 heterocycles. The molecule has 142 valence electrons. The third-order valence-electron chi connectivity index (χ3n) is 4.13. The first kappa shape index (κ1) is 23.4. The van der Waals surface area contributed by atoms with Gasteiger partial charge in [-0.25, -0.2) is 0 Å². The Hall–Kier alpha value is -0.600. The number of hydrogen-bond donors (Lipinski definition) is 0. The maximum atomic E-state index is 5.57. The van der Waals surface area contributed by atoms with Crippen molar-refractivity contribution in [2.24, 2.45) is 0 Å². The number of rotatable bonds is 18. The quantitative estimate of drug-likeness (QED) is 0.149. The normalized spacial score (nSPS) is 12.2. The Morgan fingerprint density at radius 3 is 1.67 bits per heavy atom. The summed E-state index contributed by atoms with van der Waals surface area (Å²) in [5.41, 5.74) is 0. The van der Waals surface area contributed by atoms with E-state index in [1.54, 1.807) is 0 Å². The average molecular weight is 339 g/mol. The lowest BCUT2D eigenvalue weighted by molar-refractivity contribution is -0.140. The summed E-state index contributed by atoms with van der Waals surface area (Å²) in [6.07, 6.45) is 24.5. The fraction of sp³-hybridized carbons (Fsp3) is 0.818. The zero-order valence-corrected chi connectivity index (χ0v) is 16.6. The Kier molecular flexibility index (Phi) is 19.9. The van der Waals surface area contributed by atoms with Gasteiger partial charge in [0.15, 0.2) is 6.29 Å². The molecule has 0 aromatic rings. The van der Waals surface area contributed by atoms with Gasteiger partial charge in [0, 0.05) is 13.2 Å². The molecule has 2 nitrogen and oxygen atoms in total. The molecule has 0 aromatic heterocycles. The summed E-state index contributed by atoms with van der Waals surface area (Å²) in [4.78, 5) is 0. The Balaban J connectivity index is 3.25. The highest BCUT2D eigenvalue weighted by atomic mass is 16.7. The number of hydrogen-bond acceptors (Lipinski definition) is 2. The van der Waals surface area contributed by atoms with E-state index in [-0.39, 0.29) is 6.29 Å². The van der Waals surface area contributed by atoms with Crippen molar-refractivity contribution < 1.29 is 9.47 Å². The van der Waals surface area contributed by atoms with Crippen LogP contribution in [0.25, 0.3) is 0 Å². The fourth-order valence-electron chi connectivity index (χ4n) is 2.79. The molecule has 0 aliphatic heterocycles. The van der Waals surface area contributed by atoms with Crippen LogP contribution in [0, 0.1) is 0 Å². The van der Waals surface area contributed by atoms with Crippen LogP contribution >= 0.6 is 0 Å². The summed E-state index contributed by atoms with van der Waals surface area (Å²) >= 11 is 0. The first-order valence-corrected chi connectivity index (χ1v) is 10.4. The van der Waals surface area contributed by atoms with E-state index in [4.69, 9.17) is 9.47 Å². The molecule has 0 aromatic carbocycles. The van der Waals surface area contributed by atoms with Gasteiger partial charge in [-0.1, -0.05) is 76.2 Å². The third kappa shape index (κ3) is 17.7. The van der Waals surface area contributed by atoms with Crippen LogP contribution in [0.15, 0.2) is 24.3 Å². The van der Waals surface area contributed by atoms with E-state index in [1.165, 1.54) is 64.2 Å². The molecule has 24 heavy (non-hydrogen) atoms. The van der Waals surface area contributed by atoms with Crippen molar-refractivity contribution >= 4 is 0 Å². The van der Waals surface area contributed by atoms with E-state index in [2.05, 4.69) is 31.2 Å². The van der Waals surface area contributed by atoms with Crippen molar-refractivity contribution in [3.05, 3.63) is 24.3 Å². The molecule has 0 spiro atoms. The van der Waals surface area contributed by atoms with Gasteiger partial charge >= 0.3 is 0 Å². The number of ether oxygens (including phenoxy) is 2. The zero-order chi connectivity index (χ0) is 17.7. The van der Waals surface area contributed by atoms with E-state index in [0.717, 1.165) is 26.1 Å². The highest BCUT2D eigenvalue weighted by Crippen LogP contribution is 2.13. The van der Waals surface area contributed by atoms with Crippen molar-refractivity contribution in [2.45, 2.75) is 104 Å². The van der Waals surface area contributed by atoms with Crippen LogP contribution in [-0.4, -0.2) is 19.5 Å². The Morgan fingerprint density at radius 1 is 0.625 bits per heavy atom. The minimum Gasteiger partial charge on any atom is -0.353 e. The standard InChI is InChI=1S/C22H42O2/c1-4-7-8-9-10-11-12-13-14-15-16-17-18-19-20-21-22(23-5-2)24-6-3/h7-10,22H,4-6,11-21H2,1-3H3/b8-7-,10-9-. The summed E-state index contributed by atoms with van der Waals surface area (Å²) in [6, 6.07) is 0. The lowest BCUT2D eigenvalue weighted by Crippen LogP contribution is -2.17. The van der Waals surface area contributed by atoms with Crippen LogP contribution in [0.2, 0.25) is 0 Å². The molecular weight excluding hydrogens is 296 g/mol. The molecule has 0 bridgehead atoms. The van der Waals surface area contributed by atoms with Gasteiger partial charge in [-0.15, -0.1) is 0 Å². The van der Waals surface area contributed by atoms with Gasteiger partial charge in [0.1, 0.15) is 0 Å². The maximum absolute atomic E-state index is 5.57. The van der Waals surface area contributed by atoms with Crippen LogP contribution in [-0.2, 0) is 9.47 Å². The number of unbranched alkanes of at least 4 members (excludes halogenated alkanes) is 9. The highest BCUT2D eigenvalue weighted by molar-refractivity contribution is 5.01. The van der Waals surface area contributed by atoms with Gasteiger partial charge in [0.05, 0.1) is 0 Å². The van der Waals surface area contributed by atoms with Crippen molar-refractivity contribution in [1.82, 2.24) is 0 Å². The molecule has 0 fully saturated rings. The van der Waals surface area contributed by atoms with Crippen LogP contribution in [0.1, 0.15) is 97.8 Å². The molecular formula is C22H42O2. The summed E-state index contributed by atoms with van der Waals surface area (Å²) in [5.74, 6) is 0. The van der Waals surface area contributed by atoms with Gasteiger partial charge in [0.25, 0.3) is 0 Å². The van der Waals surface area contributed by atoms with Gasteiger partial charge < -0.3 is 9.47 Å². The molecule has 0 N–H and O–H groups in total. The van der Waals surface area contributed by atoms with E-state index in [1.807, 2.05) is 13.8 Å². The maximum Gasteiger partial charge on any atom is 0.157 e. The molecule has 0 amide bonds. The van der Waals surface area contributed by atoms with E-state index < -0.39 is 0 Å². The Labute approximate surface area is 151 Å². The average Bonchev–Trinajstić information content (AvgIpc) is 2.58. The largest absolute Gasteiger partial charge is 0.353 e. The predicted octanol–water partition coefficient (Wildman–Crippen LogP) is 7.20. The summed E-state index contributed by atoms with van der Waals surface area (Å²) in [6.45, 7) is 7.73. The topological polar surface area (TPSA) is 18.5 Å². The van der Waals surface area contributed by atoms with Crippen LogP contribution in [0.4, 0.5) is 0 Å². The first-order chi connectivity index (χ1) is 11.8. The van der Waals surface area contributed by atoms with Gasteiger partial charge in [-0.05, 0) is 46.0 Å². The molecule has 0 rings (SSSR count). The smallest absolute Gasteiger partial charge is 0.157 e. The second-order valence-electron chi connectivity index (χ2n) is 6.36. The number of allylic oxidation sites excluding steroid dienone is 4. The molecule has 0 saturated carbocycles. The zero-order valence-electron chi connectivity index (χ0n) is 16.6. The van der Waals surface area contributed by atoms with Crippen molar-refractivity contribution in [3.8, 4) is 0 Å². The van der Waals surface area contributed by atoms with E-state index >= 15 is 0 Å². The van der Waals surface area contributed by atoms with E-state index in [9.17, 15) is 0 Å². The van der Waals surface area contributed by atoms with Crippen molar-refractivity contribution in [2.75, 3.05) is 13.2 Å². The van der Waals surface area contributed by atoms with Crippen LogP contribution in [0.3, 0.4) is 0 Å². The summed E-state index contributed by atoms with van der Waals surface area (Å²) in [5, 5.41) is 0. The monoisotopic (exact) mass is 338 g/mol. The Morgan fingerprint density at radius 2 is 1.12 bits per heavy atom. The molecule has 0 saturated heterocycles. The van der Waals surface area contributed by atoms with Crippen LogP contribution < -0.4 is 0 Å². The third-order valence-corrected chi connectivity index (χ3v) is 4.13. The first-order valence-electron chi connectivity index (χ1n) is 10.4. The molecule has 0 aliphatic rings. The van der Waals surface area contributed by atoms with Crippen molar-refractivity contribution in [1.29, 1.82) is 0 Å². The van der Waals surface area contributed by atoms with Crippen LogP contribution in [0.5, 0.6) is 0 Å². The summed E-state index contributed by atoms with van der Waals surface area (Å²) < 4.78 is 11.1. The Bertz CT molecular complexity index is 278. The predicted molar refractivity (Wildman–Crippen MR) is 106 cm³/mol. The highest BCUT2D eigenvalue weighted by Gasteiger charge is 2.06. The lowest BCUT2D eigenvalue weighted by atomic mass is 10.1. The SMILES string of the molecule is CC/C=C\C=C/CCCCCCCCCCCC(OCC)OCC. The second-order valence-corrected chi connectivity index (χ2v) is 6.36. The lowest BCUT2D eigenvalue weighted by Gasteiger charge is -2.16. The van der Waals surface area contributed by atoms with Crippen molar-refractivity contribution in [3.63, 3.8) is 0 Å².